The molecule has 5 heterocycles. The van der Waals surface area contributed by atoms with Gasteiger partial charge in [-0.2, -0.15) is 10.1 Å². The first-order valence-corrected chi connectivity index (χ1v) is 19.8. The molecule has 0 radical (unpaired) electrons. The zero-order valence-corrected chi connectivity index (χ0v) is 34.7. The summed E-state index contributed by atoms with van der Waals surface area (Å²) in [6, 6.07) is 19.0. The predicted octanol–water partition coefficient (Wildman–Crippen LogP) is 7.34. The van der Waals surface area contributed by atoms with Gasteiger partial charge in [0.05, 0.1) is 18.9 Å². The van der Waals surface area contributed by atoms with Gasteiger partial charge in [0.1, 0.15) is 52.9 Å². The highest BCUT2D eigenvalue weighted by Gasteiger charge is 2.42. The maximum Gasteiger partial charge on any atom is 0.226 e. The Balaban J connectivity index is 0.000000198. The van der Waals surface area contributed by atoms with Crippen LogP contribution in [0.1, 0.15) is 61.6 Å². The van der Waals surface area contributed by atoms with Gasteiger partial charge in [-0.3, -0.25) is 0 Å². The molecule has 0 spiro atoms. The summed E-state index contributed by atoms with van der Waals surface area (Å²) in [6.07, 6.45) is 2.25. The lowest BCUT2D eigenvalue weighted by Crippen LogP contribution is -2.25. The summed E-state index contributed by atoms with van der Waals surface area (Å²) in [5, 5.41) is 29.4. The third-order valence-corrected chi connectivity index (χ3v) is 10.5. The Morgan fingerprint density at radius 2 is 1.24 bits per heavy atom. The first kappa shape index (κ1) is 41.4. The quantitative estimate of drug-likeness (QED) is 0.0968. The summed E-state index contributed by atoms with van der Waals surface area (Å²) in [7, 11) is 0. The van der Waals surface area contributed by atoms with E-state index in [9.17, 15) is 13.9 Å². The van der Waals surface area contributed by atoms with E-state index in [1.54, 1.807) is 35.3 Å². The smallest absolute Gasteiger partial charge is 0.226 e. The standard InChI is InChI=1S/C27H30FN7O.C16H18ClFN4O/c1-17-13-19(5-10-22(17)35-16-30-18(2)33-35)14-23-31-25(29-11-12-36)24-26(32-23)34(15-27(24,3)4)21-8-6-20(28)7-9-21;1-16(2)9-22(11-5-3-10(18)4-6-11)14-12(16)13(19-7-8-23)20-15(17)21-14/h5-10,13,16,36H,11-12,14-15H2,1-4H3,(H,29,31,32);3-6,23H,7-9H2,1-2H3,(H,19,20,21). The molecule has 0 unspecified atom stereocenters. The first-order chi connectivity index (χ1) is 28.2. The second-order valence-corrected chi connectivity index (χ2v) is 16.3. The number of anilines is 6. The Kier molecular flexibility index (Phi) is 11.8. The first-order valence-electron chi connectivity index (χ1n) is 19.4. The Hall–Kier alpha value is -5.77. The average molecular weight is 824 g/mol. The van der Waals surface area contributed by atoms with Gasteiger partial charge < -0.3 is 30.6 Å². The zero-order valence-electron chi connectivity index (χ0n) is 33.9. The van der Waals surface area contributed by atoms with Crippen molar-refractivity contribution >= 4 is 46.2 Å². The molecule has 16 heteroatoms. The molecule has 308 valence electrons. The molecular weight excluding hydrogens is 776 g/mol. The van der Waals surface area contributed by atoms with E-state index in [1.165, 1.54) is 24.3 Å². The van der Waals surface area contributed by atoms with Crippen molar-refractivity contribution in [1.29, 1.82) is 0 Å². The largest absolute Gasteiger partial charge is 0.395 e. The number of aliphatic hydroxyl groups excluding tert-OH is 2. The maximum absolute atomic E-state index is 13.6. The molecule has 0 bridgehead atoms. The van der Waals surface area contributed by atoms with Crippen molar-refractivity contribution in [2.45, 2.75) is 58.8 Å². The van der Waals surface area contributed by atoms with Crippen LogP contribution in [0.4, 0.5) is 43.4 Å². The highest BCUT2D eigenvalue weighted by molar-refractivity contribution is 6.28. The summed E-state index contributed by atoms with van der Waals surface area (Å²) in [4.78, 5) is 26.9. The Bertz CT molecular complexity index is 2440. The third-order valence-electron chi connectivity index (χ3n) is 10.3. The van der Waals surface area contributed by atoms with Crippen molar-refractivity contribution < 1.29 is 19.0 Å². The Morgan fingerprint density at radius 1 is 0.712 bits per heavy atom. The molecule has 3 aromatic carbocycles. The van der Waals surface area contributed by atoms with Gasteiger partial charge in [0.25, 0.3) is 0 Å². The van der Waals surface area contributed by atoms with Gasteiger partial charge in [-0.25, -0.2) is 33.4 Å². The summed E-state index contributed by atoms with van der Waals surface area (Å²) >= 11 is 6.07. The number of nitrogens with one attached hydrogen (secondary N) is 2. The third kappa shape index (κ3) is 8.82. The van der Waals surface area contributed by atoms with E-state index in [-0.39, 0.29) is 41.0 Å². The van der Waals surface area contributed by atoms with Gasteiger partial charge in [-0.1, -0.05) is 39.8 Å². The van der Waals surface area contributed by atoms with Gasteiger partial charge in [0, 0.05) is 65.9 Å². The van der Waals surface area contributed by atoms with Crippen molar-refractivity contribution in [2.24, 2.45) is 0 Å². The number of benzene rings is 3. The SMILES string of the molecule is CC1(C)CN(c2ccc(F)cc2)c2nc(Cl)nc(NCCO)c21.Cc1ncn(-c2ccc(Cc3nc(NCCO)c4c(n3)N(c3ccc(F)cc3)CC4(C)C)cc2C)n1. The number of hydrogen-bond acceptors (Lipinski definition) is 12. The van der Waals surface area contributed by atoms with E-state index in [4.69, 9.17) is 26.7 Å². The van der Waals surface area contributed by atoms with Gasteiger partial charge in [-0.05, 0) is 91.2 Å². The molecule has 2 aliphatic rings. The lowest BCUT2D eigenvalue weighted by atomic mass is 9.88. The fourth-order valence-electron chi connectivity index (χ4n) is 7.73. The number of aryl methyl sites for hydroxylation is 2. The number of hydrogen-bond donors (Lipinski definition) is 4. The lowest BCUT2D eigenvalue weighted by Gasteiger charge is -2.22. The van der Waals surface area contributed by atoms with Gasteiger partial charge in [0.2, 0.25) is 5.28 Å². The highest BCUT2D eigenvalue weighted by atomic mass is 35.5. The van der Waals surface area contributed by atoms with Crippen LogP contribution in [0.5, 0.6) is 0 Å². The molecule has 0 fully saturated rings. The minimum Gasteiger partial charge on any atom is -0.395 e. The second-order valence-electron chi connectivity index (χ2n) is 16.0. The molecule has 6 aromatic rings. The van der Waals surface area contributed by atoms with Gasteiger partial charge in [-0.15, -0.1) is 0 Å². The number of halogens is 3. The minimum atomic E-state index is -0.279. The molecule has 3 aromatic heterocycles. The summed E-state index contributed by atoms with van der Waals surface area (Å²) in [5.74, 6) is 3.72. The molecule has 59 heavy (non-hydrogen) atoms. The molecule has 0 saturated heterocycles. The van der Waals surface area contributed by atoms with Crippen LogP contribution in [-0.2, 0) is 17.3 Å². The summed E-state index contributed by atoms with van der Waals surface area (Å²) < 4.78 is 28.6. The molecule has 0 saturated carbocycles. The molecule has 0 amide bonds. The van der Waals surface area contributed by atoms with Crippen molar-refractivity contribution in [3.63, 3.8) is 0 Å². The molecule has 0 aliphatic carbocycles. The second kappa shape index (κ2) is 16.8. The van der Waals surface area contributed by atoms with Crippen LogP contribution in [0.25, 0.3) is 5.69 Å². The number of aliphatic hydroxyl groups is 2. The molecule has 4 N–H and O–H groups in total. The summed E-state index contributed by atoms with van der Waals surface area (Å²) in [5.41, 5.74) is 6.34. The summed E-state index contributed by atoms with van der Waals surface area (Å²) in [6.45, 7) is 14.5. The normalized spacial score (nSPS) is 14.8. The minimum absolute atomic E-state index is 0.00136. The van der Waals surface area contributed by atoms with Crippen LogP contribution in [0.15, 0.2) is 73.1 Å². The number of nitrogens with zero attached hydrogens (tertiary/aromatic N) is 9. The fourth-order valence-corrected chi connectivity index (χ4v) is 7.90. The highest BCUT2D eigenvalue weighted by Crippen LogP contribution is 2.48. The van der Waals surface area contributed by atoms with E-state index in [0.717, 1.165) is 56.8 Å². The van der Waals surface area contributed by atoms with E-state index < -0.39 is 0 Å². The van der Waals surface area contributed by atoms with E-state index in [2.05, 4.69) is 75.4 Å². The molecule has 2 aliphatic heterocycles. The lowest BCUT2D eigenvalue weighted by molar-refractivity contribution is 0.310. The topological polar surface area (TPSA) is 153 Å². The van der Waals surface area contributed by atoms with Crippen LogP contribution < -0.4 is 20.4 Å². The Morgan fingerprint density at radius 3 is 1.73 bits per heavy atom. The molecule has 13 nitrogen and oxygen atoms in total. The van der Waals surface area contributed by atoms with Gasteiger partial charge in [0.15, 0.2) is 0 Å². The van der Waals surface area contributed by atoms with Crippen molar-refractivity contribution in [1.82, 2.24) is 34.7 Å². The fraction of sp³-hybridized carbons (Fsp3) is 0.349. The van der Waals surface area contributed by atoms with Gasteiger partial charge >= 0.3 is 0 Å². The molecule has 0 atom stereocenters. The van der Waals surface area contributed by atoms with Crippen LogP contribution in [0.2, 0.25) is 5.28 Å². The van der Waals surface area contributed by atoms with Crippen LogP contribution in [0.3, 0.4) is 0 Å². The maximum atomic E-state index is 13.6. The number of rotatable bonds is 11. The van der Waals surface area contributed by atoms with E-state index in [1.807, 2.05) is 24.8 Å². The average Bonchev–Trinajstić information content (AvgIpc) is 3.83. The van der Waals surface area contributed by atoms with Crippen LogP contribution in [0, 0.1) is 25.5 Å². The van der Waals surface area contributed by atoms with E-state index >= 15 is 0 Å². The number of aromatic nitrogens is 7. The molecule has 8 rings (SSSR count). The van der Waals surface area contributed by atoms with E-state index in [0.29, 0.717) is 50.1 Å². The van der Waals surface area contributed by atoms with Crippen molar-refractivity contribution in [3.8, 4) is 5.69 Å². The van der Waals surface area contributed by atoms with Crippen LogP contribution >= 0.6 is 11.6 Å². The zero-order chi connectivity index (χ0) is 42.1. The van der Waals surface area contributed by atoms with Crippen molar-refractivity contribution in [3.05, 3.63) is 124 Å². The predicted molar refractivity (Wildman–Crippen MR) is 227 cm³/mol. The Labute approximate surface area is 347 Å². The molecular formula is C43H48ClF2N11O2. The monoisotopic (exact) mass is 823 g/mol. The van der Waals surface area contributed by atoms with Crippen molar-refractivity contribution in [2.75, 3.05) is 59.8 Å². The number of fused-ring (bicyclic) bond motifs is 2. The van der Waals surface area contributed by atoms with Crippen LogP contribution in [-0.4, -0.2) is 84.3 Å².